The van der Waals surface area contributed by atoms with Crippen molar-refractivity contribution in [1.82, 2.24) is 20.5 Å². The molecule has 0 saturated carbocycles. The molecule has 0 aliphatic carbocycles. The summed E-state index contributed by atoms with van der Waals surface area (Å²) >= 11 is 0. The Morgan fingerprint density at radius 1 is 1.00 bits per heavy atom. The highest BCUT2D eigenvalue weighted by atomic mass is 16.5. The lowest BCUT2D eigenvalue weighted by molar-refractivity contribution is -0.123. The van der Waals surface area contributed by atoms with E-state index in [1.807, 2.05) is 30.3 Å². The number of carbonyl (C=O) groups excluding carboxylic acids is 3. The van der Waals surface area contributed by atoms with Crippen LogP contribution in [0.3, 0.4) is 0 Å². The summed E-state index contributed by atoms with van der Waals surface area (Å²) in [4.78, 5) is 43.4. The molecule has 3 heterocycles. The van der Waals surface area contributed by atoms with Crippen LogP contribution in [-0.4, -0.2) is 68.1 Å². The van der Waals surface area contributed by atoms with Gasteiger partial charge in [0.05, 0.1) is 26.9 Å². The first-order valence-corrected chi connectivity index (χ1v) is 13.5. The zero-order valence-corrected chi connectivity index (χ0v) is 22.7. The van der Waals surface area contributed by atoms with Crippen LogP contribution in [0.5, 0.6) is 17.2 Å². The fourth-order valence-electron chi connectivity index (χ4n) is 5.22. The molecule has 10 nitrogen and oxygen atoms in total. The second-order valence-corrected chi connectivity index (χ2v) is 9.86. The van der Waals surface area contributed by atoms with Crippen LogP contribution >= 0.6 is 0 Å². The first-order chi connectivity index (χ1) is 19.5. The fourth-order valence-corrected chi connectivity index (χ4v) is 5.22. The third kappa shape index (κ3) is 5.90. The molecule has 2 aliphatic rings. The molecule has 210 valence electrons. The maximum absolute atomic E-state index is 13.1. The lowest BCUT2D eigenvalue weighted by Crippen LogP contribution is -2.41. The van der Waals surface area contributed by atoms with Crippen molar-refractivity contribution < 1.29 is 28.6 Å². The number of aromatic nitrogens is 1. The van der Waals surface area contributed by atoms with Crippen molar-refractivity contribution >= 4 is 17.7 Å². The van der Waals surface area contributed by atoms with Gasteiger partial charge in [-0.3, -0.25) is 14.4 Å². The van der Waals surface area contributed by atoms with Gasteiger partial charge in [0.25, 0.3) is 5.91 Å². The van der Waals surface area contributed by atoms with Gasteiger partial charge >= 0.3 is 0 Å². The van der Waals surface area contributed by atoms with Crippen molar-refractivity contribution in [1.29, 1.82) is 0 Å². The number of aryl methyl sites for hydroxylation is 1. The summed E-state index contributed by atoms with van der Waals surface area (Å²) < 4.78 is 17.3. The highest BCUT2D eigenvalue weighted by molar-refractivity contribution is 5.92. The lowest BCUT2D eigenvalue weighted by atomic mass is 9.93. The number of hydrogen-bond acceptors (Lipinski definition) is 6. The van der Waals surface area contributed by atoms with E-state index >= 15 is 0 Å². The third-order valence-electron chi connectivity index (χ3n) is 7.30. The molecule has 2 aromatic carbocycles. The molecule has 5 rings (SSSR count). The molecule has 1 aromatic heterocycles. The number of ether oxygens (including phenoxy) is 3. The van der Waals surface area contributed by atoms with Gasteiger partial charge in [0.2, 0.25) is 11.8 Å². The van der Waals surface area contributed by atoms with E-state index in [1.165, 1.54) is 0 Å². The Balaban J connectivity index is 1.49. The van der Waals surface area contributed by atoms with Gasteiger partial charge in [-0.25, -0.2) is 0 Å². The van der Waals surface area contributed by atoms with Gasteiger partial charge in [0.1, 0.15) is 11.4 Å². The van der Waals surface area contributed by atoms with E-state index in [9.17, 15) is 14.4 Å². The van der Waals surface area contributed by atoms with Crippen molar-refractivity contribution in [3.63, 3.8) is 0 Å². The van der Waals surface area contributed by atoms with Gasteiger partial charge in [-0.15, -0.1) is 0 Å². The summed E-state index contributed by atoms with van der Waals surface area (Å²) in [5.41, 5.74) is 3.95. The van der Waals surface area contributed by atoms with Crippen molar-refractivity contribution in [3.05, 3.63) is 65.5 Å². The number of methoxy groups -OCH3 is 2. The van der Waals surface area contributed by atoms with Crippen LogP contribution in [0.2, 0.25) is 0 Å². The van der Waals surface area contributed by atoms with E-state index in [-0.39, 0.29) is 56.2 Å². The number of benzene rings is 2. The first kappa shape index (κ1) is 27.1. The van der Waals surface area contributed by atoms with Crippen molar-refractivity contribution in [2.75, 3.05) is 40.5 Å². The van der Waals surface area contributed by atoms with E-state index in [2.05, 4.69) is 15.6 Å². The van der Waals surface area contributed by atoms with Crippen molar-refractivity contribution in [3.8, 4) is 28.4 Å². The monoisotopic (exact) mass is 546 g/mol. The number of nitrogens with one attached hydrogen (secondary N) is 3. The van der Waals surface area contributed by atoms with Crippen LogP contribution in [0.25, 0.3) is 11.1 Å². The number of fused-ring (bicyclic) bond motifs is 4. The number of aromatic amines is 1. The molecule has 1 unspecified atom stereocenters. The Labute approximate surface area is 233 Å². The maximum Gasteiger partial charge on any atom is 0.270 e. The second kappa shape index (κ2) is 12.1. The number of rotatable bonds is 3. The Hall–Kier alpha value is -4.47. The highest BCUT2D eigenvalue weighted by Gasteiger charge is 2.26. The predicted octanol–water partition coefficient (Wildman–Crippen LogP) is 3.23. The van der Waals surface area contributed by atoms with Gasteiger partial charge in [-0.2, -0.15) is 0 Å². The number of hydrogen-bond donors (Lipinski definition) is 3. The van der Waals surface area contributed by atoms with Crippen LogP contribution in [0.4, 0.5) is 0 Å². The summed E-state index contributed by atoms with van der Waals surface area (Å²) in [6, 6.07) is 13.0. The van der Waals surface area contributed by atoms with Crippen LogP contribution in [-0.2, 0) is 16.0 Å². The van der Waals surface area contributed by atoms with E-state index in [4.69, 9.17) is 14.2 Å². The molecular weight excluding hydrogens is 512 g/mol. The summed E-state index contributed by atoms with van der Waals surface area (Å²) in [5.74, 6) is 1.36. The molecule has 0 saturated heterocycles. The largest absolute Gasteiger partial charge is 0.493 e. The molecule has 3 amide bonds. The molecule has 4 bridgehead atoms. The molecule has 3 aromatic rings. The number of carbonyl (C=O) groups is 3. The molecule has 2 aliphatic heterocycles. The van der Waals surface area contributed by atoms with Gasteiger partial charge in [0, 0.05) is 56.2 Å². The minimum Gasteiger partial charge on any atom is -0.493 e. The van der Waals surface area contributed by atoms with Gasteiger partial charge in [0.15, 0.2) is 11.5 Å². The van der Waals surface area contributed by atoms with E-state index < -0.39 is 0 Å². The van der Waals surface area contributed by atoms with Gasteiger partial charge in [-0.05, 0) is 53.9 Å². The zero-order valence-electron chi connectivity index (χ0n) is 22.7. The quantitative estimate of drug-likeness (QED) is 0.464. The Morgan fingerprint density at radius 2 is 1.88 bits per heavy atom. The van der Waals surface area contributed by atoms with Crippen LogP contribution in [0.15, 0.2) is 48.7 Å². The lowest BCUT2D eigenvalue weighted by Gasteiger charge is -2.28. The third-order valence-corrected chi connectivity index (χ3v) is 7.30. The summed E-state index contributed by atoms with van der Waals surface area (Å²) in [7, 11) is 3.18. The summed E-state index contributed by atoms with van der Waals surface area (Å²) in [6.07, 6.45) is 3.19. The number of H-pyrrole nitrogens is 1. The minimum absolute atomic E-state index is 0.125. The SMILES string of the molecule is COc1cc2cc(c1OC)-c1ccc3c(c1)C(CCO3)NC(=O)CCN(C(=O)c1ccc[nH]1)CCNC(=O)CC2. The van der Waals surface area contributed by atoms with Crippen LogP contribution < -0.4 is 24.8 Å². The molecule has 1 atom stereocenters. The van der Waals surface area contributed by atoms with Crippen molar-refractivity contribution in [2.24, 2.45) is 0 Å². The molecule has 0 radical (unpaired) electrons. The van der Waals surface area contributed by atoms with Crippen molar-refractivity contribution in [2.45, 2.75) is 31.7 Å². The molecule has 0 fully saturated rings. The zero-order chi connectivity index (χ0) is 28.1. The Bertz CT molecular complexity index is 1390. The normalized spacial score (nSPS) is 17.9. The smallest absolute Gasteiger partial charge is 0.270 e. The minimum atomic E-state index is -0.238. The number of nitrogens with zero attached hydrogens (tertiary/aromatic N) is 1. The van der Waals surface area contributed by atoms with E-state index in [1.54, 1.807) is 37.4 Å². The molecular formula is C30H34N4O6. The van der Waals surface area contributed by atoms with Gasteiger partial charge < -0.3 is 34.7 Å². The Morgan fingerprint density at radius 3 is 2.65 bits per heavy atom. The standard InChI is InChI=1S/C30H34N4O6/c1-38-26-17-19-5-8-27(35)32-12-14-34(30(37)24-4-3-11-31-24)13-9-28(36)33-23-10-15-40-25-7-6-20(18-22(23)25)21(16-19)29(26)39-2/h3-4,6-7,11,16-18,23,31H,5,8-10,12-15H2,1-2H3,(H,32,35)(H,33,36). The van der Waals surface area contributed by atoms with Crippen LogP contribution in [0.1, 0.15) is 46.9 Å². The van der Waals surface area contributed by atoms with E-state index in [0.29, 0.717) is 36.6 Å². The average Bonchev–Trinajstić information content (AvgIpc) is 3.51. The van der Waals surface area contributed by atoms with E-state index in [0.717, 1.165) is 28.0 Å². The maximum atomic E-state index is 13.1. The second-order valence-electron chi connectivity index (χ2n) is 9.86. The van der Waals surface area contributed by atoms with Crippen LogP contribution in [0, 0.1) is 0 Å². The fraction of sp³-hybridized carbons (Fsp3) is 0.367. The average molecular weight is 547 g/mol. The summed E-state index contributed by atoms with van der Waals surface area (Å²) in [5, 5.41) is 6.05. The topological polar surface area (TPSA) is 122 Å². The molecule has 40 heavy (non-hydrogen) atoms. The molecule has 10 heteroatoms. The highest BCUT2D eigenvalue weighted by Crippen LogP contribution is 2.42. The predicted molar refractivity (Wildman–Crippen MR) is 149 cm³/mol. The summed E-state index contributed by atoms with van der Waals surface area (Å²) in [6.45, 7) is 1.26. The molecule has 0 spiro atoms. The number of amides is 3. The first-order valence-electron chi connectivity index (χ1n) is 13.5. The Kier molecular flexibility index (Phi) is 8.23. The molecule has 3 N–H and O–H groups in total. The van der Waals surface area contributed by atoms with Gasteiger partial charge in [-0.1, -0.05) is 6.07 Å².